The normalized spacial score (nSPS) is 34.6. The minimum atomic E-state index is 0. The van der Waals surface area contributed by atoms with E-state index in [-0.39, 0.29) is 30.1 Å². The number of rotatable bonds is 3. The highest BCUT2D eigenvalue weighted by Gasteiger charge is 2.32. The van der Waals surface area contributed by atoms with E-state index in [1.807, 2.05) is 0 Å². The lowest BCUT2D eigenvalue weighted by Gasteiger charge is -2.38. The Morgan fingerprint density at radius 3 is 2.67 bits per heavy atom. The van der Waals surface area contributed by atoms with Gasteiger partial charge in [-0.2, -0.15) is 0 Å². The fourth-order valence-corrected chi connectivity index (χ4v) is 4.45. The molecule has 0 aromatic carbocycles. The fraction of sp³-hybridized carbons (Fsp3) is 0.944. The second kappa shape index (κ2) is 9.57. The number of piperidine rings is 1. The molecule has 0 bridgehead atoms. The summed E-state index contributed by atoms with van der Waals surface area (Å²) in [6.07, 6.45) is 4.23. The number of morpholine rings is 1. The van der Waals surface area contributed by atoms with Crippen LogP contribution in [0.1, 0.15) is 40.0 Å². The summed E-state index contributed by atoms with van der Waals surface area (Å²) in [6.45, 7) is 14.0. The first-order valence-corrected chi connectivity index (χ1v) is 9.54. The summed E-state index contributed by atoms with van der Waals surface area (Å²) in [6, 6.07) is 0.673. The molecular formula is C18H35IN4O. The smallest absolute Gasteiger partial charge is 0.194 e. The fourth-order valence-electron chi connectivity index (χ4n) is 4.45. The van der Waals surface area contributed by atoms with Gasteiger partial charge in [0.2, 0.25) is 0 Å². The van der Waals surface area contributed by atoms with Crippen LogP contribution in [0, 0.1) is 11.8 Å². The number of nitrogens with zero attached hydrogens (tertiary/aromatic N) is 3. The molecule has 4 atom stereocenters. The van der Waals surface area contributed by atoms with Crippen molar-refractivity contribution in [1.82, 2.24) is 15.1 Å². The highest BCUT2D eigenvalue weighted by Crippen LogP contribution is 2.23. The lowest BCUT2D eigenvalue weighted by molar-refractivity contribution is -0.0433. The molecule has 3 rings (SSSR count). The number of halogens is 1. The molecule has 3 heterocycles. The second-order valence-corrected chi connectivity index (χ2v) is 7.79. The van der Waals surface area contributed by atoms with Gasteiger partial charge in [0.25, 0.3) is 0 Å². The van der Waals surface area contributed by atoms with Gasteiger partial charge in [0.05, 0.1) is 19.3 Å². The van der Waals surface area contributed by atoms with Crippen LogP contribution < -0.4 is 5.32 Å². The van der Waals surface area contributed by atoms with Gasteiger partial charge in [-0.1, -0.05) is 13.8 Å². The van der Waals surface area contributed by atoms with Gasteiger partial charge in [-0.3, -0.25) is 9.89 Å². The zero-order chi connectivity index (χ0) is 16.2. The molecule has 0 amide bonds. The third-order valence-electron chi connectivity index (χ3n) is 5.41. The maximum Gasteiger partial charge on any atom is 0.194 e. The molecule has 0 aromatic heterocycles. The van der Waals surface area contributed by atoms with Crippen molar-refractivity contribution < 1.29 is 4.74 Å². The van der Waals surface area contributed by atoms with Crippen LogP contribution in [0.5, 0.6) is 0 Å². The maximum atomic E-state index is 6.05. The summed E-state index contributed by atoms with van der Waals surface area (Å²) in [5, 5.41) is 3.49. The SMILES string of the molecule is CCNC(=NCC1CN2CCCC2CO1)N1CC(C)CC(C)C1.I. The molecule has 3 fully saturated rings. The van der Waals surface area contributed by atoms with E-state index in [0.717, 1.165) is 57.1 Å². The molecule has 4 unspecified atom stereocenters. The van der Waals surface area contributed by atoms with Gasteiger partial charge >= 0.3 is 0 Å². The van der Waals surface area contributed by atoms with Crippen LogP contribution in [-0.4, -0.2) is 73.8 Å². The number of aliphatic imine (C=N–C) groups is 1. The van der Waals surface area contributed by atoms with Crippen molar-refractivity contribution in [3.63, 3.8) is 0 Å². The zero-order valence-corrected chi connectivity index (χ0v) is 17.9. The van der Waals surface area contributed by atoms with E-state index in [1.165, 1.54) is 25.8 Å². The van der Waals surface area contributed by atoms with Gasteiger partial charge < -0.3 is 15.0 Å². The predicted octanol–water partition coefficient (Wildman–Crippen LogP) is 2.41. The monoisotopic (exact) mass is 450 g/mol. The van der Waals surface area contributed by atoms with E-state index >= 15 is 0 Å². The lowest BCUT2D eigenvalue weighted by Crippen LogP contribution is -2.50. The molecule has 24 heavy (non-hydrogen) atoms. The van der Waals surface area contributed by atoms with Crippen molar-refractivity contribution in [3.8, 4) is 0 Å². The predicted molar refractivity (Wildman–Crippen MR) is 110 cm³/mol. The Morgan fingerprint density at radius 1 is 1.21 bits per heavy atom. The van der Waals surface area contributed by atoms with Crippen molar-refractivity contribution >= 4 is 29.9 Å². The molecule has 0 aromatic rings. The Labute approximate surface area is 164 Å². The topological polar surface area (TPSA) is 40.1 Å². The van der Waals surface area contributed by atoms with Crippen molar-refractivity contribution in [2.75, 3.05) is 45.9 Å². The van der Waals surface area contributed by atoms with E-state index in [0.29, 0.717) is 6.04 Å². The van der Waals surface area contributed by atoms with Crippen LogP contribution in [0.15, 0.2) is 4.99 Å². The Balaban J connectivity index is 0.00000208. The van der Waals surface area contributed by atoms with E-state index in [4.69, 9.17) is 9.73 Å². The number of guanidine groups is 1. The number of fused-ring (bicyclic) bond motifs is 1. The molecule has 6 heteroatoms. The quantitative estimate of drug-likeness (QED) is 0.408. The molecule has 0 aliphatic carbocycles. The molecule has 3 saturated heterocycles. The van der Waals surface area contributed by atoms with E-state index in [2.05, 4.69) is 35.9 Å². The summed E-state index contributed by atoms with van der Waals surface area (Å²) < 4.78 is 6.05. The number of hydrogen-bond acceptors (Lipinski definition) is 3. The number of likely N-dealkylation sites (tertiary alicyclic amines) is 1. The summed E-state index contributed by atoms with van der Waals surface area (Å²) in [5.74, 6) is 2.58. The molecule has 0 spiro atoms. The van der Waals surface area contributed by atoms with Gasteiger partial charge in [0.15, 0.2) is 5.96 Å². The Bertz CT molecular complexity index is 410. The third-order valence-corrected chi connectivity index (χ3v) is 5.41. The highest BCUT2D eigenvalue weighted by atomic mass is 127. The molecule has 5 nitrogen and oxygen atoms in total. The van der Waals surface area contributed by atoms with E-state index in [1.54, 1.807) is 0 Å². The average molecular weight is 450 g/mol. The maximum absolute atomic E-state index is 6.05. The summed E-state index contributed by atoms with van der Waals surface area (Å²) in [7, 11) is 0. The third kappa shape index (κ3) is 5.21. The van der Waals surface area contributed by atoms with Gasteiger partial charge in [-0.15, -0.1) is 24.0 Å². The number of hydrogen-bond donors (Lipinski definition) is 1. The summed E-state index contributed by atoms with van der Waals surface area (Å²) >= 11 is 0. The first-order chi connectivity index (χ1) is 11.2. The summed E-state index contributed by atoms with van der Waals surface area (Å²) in [4.78, 5) is 9.97. The van der Waals surface area contributed by atoms with Crippen molar-refractivity contribution in [3.05, 3.63) is 0 Å². The molecule has 1 N–H and O–H groups in total. The van der Waals surface area contributed by atoms with Gasteiger partial charge in [-0.25, -0.2) is 0 Å². The molecular weight excluding hydrogens is 415 g/mol. The summed E-state index contributed by atoms with van der Waals surface area (Å²) in [5.41, 5.74) is 0. The molecule has 0 saturated carbocycles. The van der Waals surface area contributed by atoms with Crippen molar-refractivity contribution in [2.45, 2.75) is 52.2 Å². The first-order valence-electron chi connectivity index (χ1n) is 9.54. The Kier molecular flexibility index (Phi) is 8.07. The van der Waals surface area contributed by atoms with Gasteiger partial charge in [-0.05, 0) is 44.6 Å². The van der Waals surface area contributed by atoms with Crippen LogP contribution in [0.2, 0.25) is 0 Å². The number of nitrogens with one attached hydrogen (secondary N) is 1. The first kappa shape index (κ1) is 20.2. The van der Waals surface area contributed by atoms with E-state index < -0.39 is 0 Å². The Hall–Kier alpha value is -0.0800. The molecule has 3 aliphatic rings. The van der Waals surface area contributed by atoms with Crippen LogP contribution in [0.4, 0.5) is 0 Å². The number of ether oxygens (including phenoxy) is 1. The van der Waals surface area contributed by atoms with E-state index in [9.17, 15) is 0 Å². The minimum Gasteiger partial charge on any atom is -0.373 e. The van der Waals surface area contributed by atoms with Crippen LogP contribution in [0.25, 0.3) is 0 Å². The standard InChI is InChI=1S/C18H34N4O.HI/c1-4-19-18(22-10-14(2)8-15(3)11-22)20-9-17-12-21-7-5-6-16(21)13-23-17;/h14-17H,4-13H2,1-3H3,(H,19,20);1H. The van der Waals surface area contributed by atoms with Gasteiger partial charge in [0.1, 0.15) is 0 Å². The zero-order valence-electron chi connectivity index (χ0n) is 15.5. The molecule has 140 valence electrons. The highest BCUT2D eigenvalue weighted by molar-refractivity contribution is 14.0. The molecule has 3 aliphatic heterocycles. The van der Waals surface area contributed by atoms with Gasteiger partial charge in [0, 0.05) is 32.2 Å². The largest absolute Gasteiger partial charge is 0.373 e. The lowest BCUT2D eigenvalue weighted by atomic mass is 9.92. The average Bonchev–Trinajstić information content (AvgIpc) is 2.98. The van der Waals surface area contributed by atoms with Crippen molar-refractivity contribution in [1.29, 1.82) is 0 Å². The minimum absolute atomic E-state index is 0. The Morgan fingerprint density at radius 2 is 1.96 bits per heavy atom. The van der Waals surface area contributed by atoms with Crippen molar-refractivity contribution in [2.24, 2.45) is 16.8 Å². The second-order valence-electron chi connectivity index (χ2n) is 7.79. The molecule has 0 radical (unpaired) electrons. The van der Waals surface area contributed by atoms with Crippen LogP contribution in [0.3, 0.4) is 0 Å². The van der Waals surface area contributed by atoms with Crippen LogP contribution in [-0.2, 0) is 4.74 Å². The van der Waals surface area contributed by atoms with Crippen LogP contribution >= 0.6 is 24.0 Å².